The predicted molar refractivity (Wildman–Crippen MR) is 157 cm³/mol. The number of carbonyl (C=O) groups excluding carboxylic acids is 1. The van der Waals surface area contributed by atoms with Crippen molar-refractivity contribution in [2.45, 2.75) is 44.9 Å². The maximum atomic E-state index is 16.5. The summed E-state index contributed by atoms with van der Waals surface area (Å²) in [6, 6.07) is 14.3. The lowest BCUT2D eigenvalue weighted by Crippen LogP contribution is -2.51. The smallest absolute Gasteiger partial charge is 0.490 e. The third-order valence-electron chi connectivity index (χ3n) is 8.45. The minimum Gasteiger partial charge on any atom is -0.508 e. The number of aromatic hydroxyl groups is 1. The topological polar surface area (TPSA) is 96.8 Å². The van der Waals surface area contributed by atoms with Crippen LogP contribution in [0.3, 0.4) is 0 Å². The van der Waals surface area contributed by atoms with Crippen molar-refractivity contribution in [3.63, 3.8) is 0 Å². The van der Waals surface area contributed by atoms with Gasteiger partial charge in [0.15, 0.2) is 5.82 Å². The molecule has 12 heteroatoms. The number of rotatable bonds is 8. The number of nitrogens with one attached hydrogen (secondary N) is 1. The lowest BCUT2D eigenvalue weighted by Gasteiger charge is -2.34. The van der Waals surface area contributed by atoms with Gasteiger partial charge in [-0.05, 0) is 53.3 Å². The summed E-state index contributed by atoms with van der Waals surface area (Å²) in [5.41, 5.74) is 0.749. The van der Waals surface area contributed by atoms with Crippen molar-refractivity contribution in [1.29, 1.82) is 0 Å². The normalized spacial score (nSPS) is 19.1. The van der Waals surface area contributed by atoms with Gasteiger partial charge in [0.25, 0.3) is 0 Å². The number of nitrogens with zero attached hydrogens (tertiary/aromatic N) is 3. The molecule has 8 nitrogen and oxygen atoms in total. The number of alkyl halides is 3. The molecule has 3 atom stereocenters. The highest BCUT2D eigenvalue weighted by atomic mass is 19.4. The summed E-state index contributed by atoms with van der Waals surface area (Å²) in [7, 11) is 0. The van der Waals surface area contributed by atoms with Gasteiger partial charge in [0, 0.05) is 42.0 Å². The second-order valence-electron chi connectivity index (χ2n) is 11.8. The number of ether oxygens (including phenoxy) is 2. The predicted octanol–water partition coefficient (Wildman–Crippen LogP) is 5.99. The average molecular weight is 613 g/mol. The molecule has 4 aromatic rings. The van der Waals surface area contributed by atoms with Gasteiger partial charge in [-0.2, -0.15) is 23.1 Å². The SMILES string of the molecule is CC(C)C(COC(=O)C(F)(F)F)COc1nc(N2CC3CCC(C2)N3)c2ccc(-c3cc(O)cc4ccccc34)c(F)c2n1. The lowest BCUT2D eigenvalue weighted by molar-refractivity contribution is -0.201. The van der Waals surface area contributed by atoms with E-state index in [1.54, 1.807) is 32.0 Å². The van der Waals surface area contributed by atoms with Gasteiger partial charge in [0.05, 0.1) is 13.2 Å². The van der Waals surface area contributed by atoms with Gasteiger partial charge < -0.3 is 24.8 Å². The van der Waals surface area contributed by atoms with Gasteiger partial charge in [-0.15, -0.1) is 0 Å². The maximum absolute atomic E-state index is 16.5. The summed E-state index contributed by atoms with van der Waals surface area (Å²) in [6.45, 7) is 4.18. The largest absolute Gasteiger partial charge is 0.508 e. The Morgan fingerprint density at radius 2 is 1.75 bits per heavy atom. The van der Waals surface area contributed by atoms with Crippen LogP contribution in [0.4, 0.5) is 23.4 Å². The van der Waals surface area contributed by atoms with Crippen LogP contribution in [0.1, 0.15) is 26.7 Å². The fraction of sp³-hybridized carbons (Fsp3) is 0.406. The number of aromatic nitrogens is 2. The summed E-state index contributed by atoms with van der Waals surface area (Å²) >= 11 is 0. The number of hydrogen-bond acceptors (Lipinski definition) is 8. The molecular weight excluding hydrogens is 580 g/mol. The van der Waals surface area contributed by atoms with E-state index in [0.29, 0.717) is 29.9 Å². The van der Waals surface area contributed by atoms with E-state index >= 15 is 4.39 Å². The molecule has 2 aliphatic heterocycles. The monoisotopic (exact) mass is 612 g/mol. The van der Waals surface area contributed by atoms with E-state index in [0.717, 1.165) is 23.6 Å². The molecule has 2 fully saturated rings. The standard InChI is InChI=1S/C32H32F4N4O4/c1-17(2)19(15-43-30(42)32(34,35)36)16-44-31-38-28-25(29(39-31)40-13-20-7-8-21(14-40)37-20)10-9-24(27(28)33)26-12-22(41)11-18-5-3-4-6-23(18)26/h3-6,9-12,17,19-21,37,41H,7-8,13-16H2,1-2H3. The van der Waals surface area contributed by atoms with Crippen molar-refractivity contribution in [2.75, 3.05) is 31.2 Å². The summed E-state index contributed by atoms with van der Waals surface area (Å²) in [5.74, 6) is -3.21. The summed E-state index contributed by atoms with van der Waals surface area (Å²) in [4.78, 5) is 22.5. The Labute approximate surface area is 251 Å². The first kappa shape index (κ1) is 29.9. The number of esters is 1. The first-order valence-corrected chi connectivity index (χ1v) is 14.6. The van der Waals surface area contributed by atoms with E-state index in [-0.39, 0.29) is 47.4 Å². The van der Waals surface area contributed by atoms with Gasteiger partial charge >= 0.3 is 18.2 Å². The Kier molecular flexibility index (Phi) is 7.95. The molecule has 44 heavy (non-hydrogen) atoms. The van der Waals surface area contributed by atoms with E-state index in [9.17, 15) is 23.1 Å². The lowest BCUT2D eigenvalue weighted by atomic mass is 9.96. The molecule has 3 heterocycles. The second-order valence-corrected chi connectivity index (χ2v) is 11.8. The van der Waals surface area contributed by atoms with Crippen molar-refractivity contribution < 1.29 is 36.9 Å². The molecule has 3 aromatic carbocycles. The van der Waals surface area contributed by atoms with Crippen molar-refractivity contribution in [3.8, 4) is 22.9 Å². The zero-order chi connectivity index (χ0) is 31.2. The van der Waals surface area contributed by atoms with Crippen molar-refractivity contribution in [2.24, 2.45) is 11.8 Å². The highest BCUT2D eigenvalue weighted by Crippen LogP contribution is 2.39. The molecule has 2 aliphatic rings. The Morgan fingerprint density at radius 3 is 2.45 bits per heavy atom. The molecule has 0 aliphatic carbocycles. The van der Waals surface area contributed by atoms with Crippen LogP contribution in [0.15, 0.2) is 48.5 Å². The molecule has 2 saturated heterocycles. The van der Waals surface area contributed by atoms with E-state index in [4.69, 9.17) is 4.74 Å². The summed E-state index contributed by atoms with van der Waals surface area (Å²) in [6.07, 6.45) is -3.07. The molecule has 232 valence electrons. The first-order valence-electron chi connectivity index (χ1n) is 14.6. The molecular formula is C32H32F4N4O4. The van der Waals surface area contributed by atoms with Crippen LogP contribution < -0.4 is 15.0 Å². The summed E-state index contributed by atoms with van der Waals surface area (Å²) in [5, 5.41) is 16.0. The molecule has 2 N–H and O–H groups in total. The Balaban J connectivity index is 1.39. The van der Waals surface area contributed by atoms with Gasteiger partial charge in [0.2, 0.25) is 0 Å². The van der Waals surface area contributed by atoms with E-state index < -0.39 is 30.5 Å². The number of anilines is 1. The Hall–Kier alpha value is -4.19. The van der Waals surface area contributed by atoms with Crippen molar-refractivity contribution in [3.05, 3.63) is 54.3 Å². The zero-order valence-corrected chi connectivity index (χ0v) is 24.2. The number of phenolic OH excluding ortho intramolecular Hbond substituents is 1. The van der Waals surface area contributed by atoms with Crippen LogP contribution in [-0.4, -0.2) is 65.6 Å². The van der Waals surface area contributed by atoms with Crippen LogP contribution in [0.2, 0.25) is 0 Å². The van der Waals surface area contributed by atoms with Gasteiger partial charge in [0.1, 0.15) is 17.1 Å². The van der Waals surface area contributed by atoms with Crippen LogP contribution in [0, 0.1) is 17.7 Å². The number of fused-ring (bicyclic) bond motifs is 4. The van der Waals surface area contributed by atoms with Gasteiger partial charge in [-0.25, -0.2) is 9.18 Å². The molecule has 0 spiro atoms. The van der Waals surface area contributed by atoms with Gasteiger partial charge in [-0.1, -0.05) is 44.2 Å². The molecule has 0 saturated carbocycles. The highest BCUT2D eigenvalue weighted by Gasteiger charge is 2.41. The van der Waals surface area contributed by atoms with E-state index in [1.807, 2.05) is 24.3 Å². The molecule has 1 aromatic heterocycles. The van der Waals surface area contributed by atoms with E-state index in [1.165, 1.54) is 6.07 Å². The third kappa shape index (κ3) is 5.95. The zero-order valence-electron chi connectivity index (χ0n) is 24.2. The molecule has 6 rings (SSSR count). The fourth-order valence-corrected chi connectivity index (χ4v) is 6.01. The Morgan fingerprint density at radius 1 is 1.02 bits per heavy atom. The third-order valence-corrected chi connectivity index (χ3v) is 8.45. The second kappa shape index (κ2) is 11.7. The number of halogens is 4. The molecule has 0 amide bonds. The molecule has 0 radical (unpaired) electrons. The minimum atomic E-state index is -5.10. The first-order chi connectivity index (χ1) is 21.0. The van der Waals surface area contributed by atoms with Crippen LogP contribution in [-0.2, 0) is 9.53 Å². The number of hydrogen-bond donors (Lipinski definition) is 2. The molecule has 3 unspecified atom stereocenters. The number of phenols is 1. The van der Waals surface area contributed by atoms with Crippen LogP contribution in [0.5, 0.6) is 11.8 Å². The van der Waals surface area contributed by atoms with Crippen molar-refractivity contribution in [1.82, 2.24) is 15.3 Å². The van der Waals surface area contributed by atoms with Crippen LogP contribution in [0.25, 0.3) is 32.8 Å². The number of benzene rings is 3. The fourth-order valence-electron chi connectivity index (χ4n) is 6.01. The highest BCUT2D eigenvalue weighted by molar-refractivity contribution is 6.01. The Bertz CT molecular complexity index is 1700. The van der Waals surface area contributed by atoms with Crippen molar-refractivity contribution >= 4 is 33.5 Å². The van der Waals surface area contributed by atoms with Crippen LogP contribution >= 0.6 is 0 Å². The summed E-state index contributed by atoms with van der Waals surface area (Å²) < 4.78 is 65.0. The minimum absolute atomic E-state index is 0.00663. The number of carbonyl (C=O) groups is 1. The number of piperazine rings is 1. The van der Waals surface area contributed by atoms with E-state index in [2.05, 4.69) is 24.9 Å². The van der Waals surface area contributed by atoms with Gasteiger partial charge in [-0.3, -0.25) is 0 Å². The maximum Gasteiger partial charge on any atom is 0.490 e. The molecule has 2 bridgehead atoms. The quantitative estimate of drug-likeness (QED) is 0.185. The average Bonchev–Trinajstić information content (AvgIpc) is 3.32.